The van der Waals surface area contributed by atoms with Crippen LogP contribution >= 0.6 is 0 Å². The SMILES string of the molecule is CN(C)C(=O)COCC1CN(CC2CCCCC2)Cc2nnn(C)c21.O=C(O)C(F)(F)F. The first kappa shape index (κ1) is 26.0. The highest BCUT2D eigenvalue weighted by molar-refractivity contribution is 5.76. The van der Waals surface area contributed by atoms with E-state index in [2.05, 4.69) is 15.2 Å². The second-order valence-electron chi connectivity index (χ2n) is 8.55. The molecule has 0 spiro atoms. The van der Waals surface area contributed by atoms with Gasteiger partial charge in [-0.05, 0) is 18.8 Å². The molecule has 0 radical (unpaired) electrons. The van der Waals surface area contributed by atoms with Crippen LogP contribution in [0.5, 0.6) is 0 Å². The summed E-state index contributed by atoms with van der Waals surface area (Å²) in [4.78, 5) is 24.7. The zero-order valence-corrected chi connectivity index (χ0v) is 18.8. The highest BCUT2D eigenvalue weighted by Gasteiger charge is 2.38. The zero-order valence-electron chi connectivity index (χ0n) is 18.8. The van der Waals surface area contributed by atoms with E-state index in [-0.39, 0.29) is 18.4 Å². The first-order valence-corrected chi connectivity index (χ1v) is 10.7. The van der Waals surface area contributed by atoms with Crippen molar-refractivity contribution in [2.45, 2.75) is 50.7 Å². The average Bonchev–Trinajstić information content (AvgIpc) is 3.09. The summed E-state index contributed by atoms with van der Waals surface area (Å²) in [7, 11) is 5.45. The molecule has 12 heteroatoms. The number of halogens is 3. The van der Waals surface area contributed by atoms with Gasteiger partial charge < -0.3 is 14.7 Å². The van der Waals surface area contributed by atoms with Gasteiger partial charge >= 0.3 is 12.1 Å². The van der Waals surface area contributed by atoms with Crippen molar-refractivity contribution < 1.29 is 32.6 Å². The molecular weight excluding hydrogens is 431 g/mol. The van der Waals surface area contributed by atoms with Gasteiger partial charge in [0, 0.05) is 46.7 Å². The number of aromatic nitrogens is 3. The number of likely N-dealkylation sites (N-methyl/N-ethyl adjacent to an activating group) is 1. The van der Waals surface area contributed by atoms with Crippen molar-refractivity contribution in [3.05, 3.63) is 11.4 Å². The number of amides is 1. The van der Waals surface area contributed by atoms with Gasteiger partial charge in [0.2, 0.25) is 5.91 Å². The van der Waals surface area contributed by atoms with E-state index in [0.29, 0.717) is 6.61 Å². The van der Waals surface area contributed by atoms with Gasteiger partial charge in [-0.3, -0.25) is 14.4 Å². The Kier molecular flexibility index (Phi) is 9.44. The molecule has 0 aromatic carbocycles. The largest absolute Gasteiger partial charge is 0.490 e. The first-order valence-electron chi connectivity index (χ1n) is 10.7. The maximum absolute atomic E-state index is 11.7. The minimum absolute atomic E-state index is 0.00164. The lowest BCUT2D eigenvalue weighted by atomic mass is 9.88. The fourth-order valence-corrected chi connectivity index (χ4v) is 4.12. The lowest BCUT2D eigenvalue weighted by Gasteiger charge is -2.35. The average molecular weight is 464 g/mol. The fourth-order valence-electron chi connectivity index (χ4n) is 4.12. The molecule has 1 saturated carbocycles. The van der Waals surface area contributed by atoms with Crippen LogP contribution in [0.25, 0.3) is 0 Å². The van der Waals surface area contributed by atoms with Gasteiger partial charge in [-0.25, -0.2) is 4.79 Å². The molecule has 0 bridgehead atoms. The minimum atomic E-state index is -5.08. The van der Waals surface area contributed by atoms with Crippen LogP contribution in [0.4, 0.5) is 13.2 Å². The van der Waals surface area contributed by atoms with E-state index in [1.54, 1.807) is 19.0 Å². The van der Waals surface area contributed by atoms with E-state index in [4.69, 9.17) is 14.6 Å². The monoisotopic (exact) mass is 463 g/mol. The quantitative estimate of drug-likeness (QED) is 0.689. The Morgan fingerprint density at radius 2 is 1.84 bits per heavy atom. The predicted molar refractivity (Wildman–Crippen MR) is 109 cm³/mol. The molecule has 1 aromatic heterocycles. The van der Waals surface area contributed by atoms with E-state index < -0.39 is 12.1 Å². The molecular formula is C20H32F3N5O4. The highest BCUT2D eigenvalue weighted by Crippen LogP contribution is 2.30. The summed E-state index contributed by atoms with van der Waals surface area (Å²) in [5.74, 6) is -1.73. The summed E-state index contributed by atoms with van der Waals surface area (Å²) in [6.07, 6.45) is 1.74. The Balaban J connectivity index is 0.000000451. The highest BCUT2D eigenvalue weighted by atomic mass is 19.4. The van der Waals surface area contributed by atoms with E-state index in [1.807, 2.05) is 11.7 Å². The van der Waals surface area contributed by atoms with Crippen LogP contribution in [0.2, 0.25) is 0 Å². The molecule has 1 fully saturated rings. The molecule has 1 N–H and O–H groups in total. The zero-order chi connectivity index (χ0) is 23.9. The molecule has 1 atom stereocenters. The second-order valence-corrected chi connectivity index (χ2v) is 8.55. The number of carboxylic acids is 1. The van der Waals surface area contributed by atoms with Crippen LogP contribution in [-0.2, 0) is 27.9 Å². The fraction of sp³-hybridized carbons (Fsp3) is 0.800. The molecule has 182 valence electrons. The molecule has 0 saturated heterocycles. The van der Waals surface area contributed by atoms with Gasteiger partial charge in [0.25, 0.3) is 0 Å². The lowest BCUT2D eigenvalue weighted by Crippen LogP contribution is -2.39. The van der Waals surface area contributed by atoms with Gasteiger partial charge in [-0.1, -0.05) is 24.5 Å². The summed E-state index contributed by atoms with van der Waals surface area (Å²) >= 11 is 0. The molecule has 1 aromatic rings. The number of fused-ring (bicyclic) bond motifs is 1. The van der Waals surface area contributed by atoms with Gasteiger partial charge in [0.05, 0.1) is 12.3 Å². The third-order valence-corrected chi connectivity index (χ3v) is 5.71. The number of carbonyl (C=O) groups is 2. The number of rotatable bonds is 6. The van der Waals surface area contributed by atoms with Gasteiger partial charge in [0.15, 0.2) is 0 Å². The van der Waals surface area contributed by atoms with E-state index in [0.717, 1.165) is 36.9 Å². The molecule has 2 aliphatic rings. The normalized spacial score (nSPS) is 19.6. The van der Waals surface area contributed by atoms with Crippen LogP contribution in [0.15, 0.2) is 0 Å². The molecule has 1 aliphatic carbocycles. The van der Waals surface area contributed by atoms with Crippen molar-refractivity contribution >= 4 is 11.9 Å². The molecule has 3 rings (SSSR count). The Labute approximate surface area is 185 Å². The summed E-state index contributed by atoms with van der Waals surface area (Å²) in [6, 6.07) is 0. The van der Waals surface area contributed by atoms with E-state index in [9.17, 15) is 18.0 Å². The third kappa shape index (κ3) is 7.73. The third-order valence-electron chi connectivity index (χ3n) is 5.71. The summed E-state index contributed by atoms with van der Waals surface area (Å²) in [5.41, 5.74) is 2.23. The molecule has 1 unspecified atom stereocenters. The predicted octanol–water partition coefficient (Wildman–Crippen LogP) is 2.03. The molecule has 1 amide bonds. The van der Waals surface area contributed by atoms with E-state index in [1.165, 1.54) is 32.1 Å². The van der Waals surface area contributed by atoms with Crippen molar-refractivity contribution in [3.8, 4) is 0 Å². The molecule has 9 nitrogen and oxygen atoms in total. The lowest BCUT2D eigenvalue weighted by molar-refractivity contribution is -0.192. The topological polar surface area (TPSA) is 101 Å². The number of alkyl halides is 3. The van der Waals surface area contributed by atoms with E-state index >= 15 is 0 Å². The van der Waals surface area contributed by atoms with Crippen LogP contribution in [0.3, 0.4) is 0 Å². The summed E-state index contributed by atoms with van der Waals surface area (Å²) in [6.45, 7) is 3.65. The molecule has 32 heavy (non-hydrogen) atoms. The van der Waals surface area contributed by atoms with Crippen molar-refractivity contribution in [2.24, 2.45) is 13.0 Å². The summed E-state index contributed by atoms with van der Waals surface area (Å²) < 4.78 is 39.3. The Hall–Kier alpha value is -2.21. The standard InChI is InChI=1S/C18H31N5O2.C2HF3O2/c1-21(2)17(24)13-25-12-15-10-23(9-14-7-5-4-6-8-14)11-16-18(15)22(3)20-19-16;3-2(4,5)1(6)7/h14-15H,4-13H2,1-3H3;(H,6,7). The second kappa shape index (κ2) is 11.6. The van der Waals surface area contributed by atoms with Crippen molar-refractivity contribution in [1.82, 2.24) is 24.8 Å². The maximum atomic E-state index is 11.7. The number of aryl methyl sites for hydroxylation is 1. The number of hydrogen-bond donors (Lipinski definition) is 1. The van der Waals surface area contributed by atoms with Crippen LogP contribution in [-0.4, -0.2) is 88.4 Å². The minimum Gasteiger partial charge on any atom is -0.475 e. The number of carboxylic acid groups (broad SMARTS) is 1. The van der Waals surface area contributed by atoms with Crippen molar-refractivity contribution in [3.63, 3.8) is 0 Å². The maximum Gasteiger partial charge on any atom is 0.490 e. The van der Waals surface area contributed by atoms with Crippen LogP contribution in [0, 0.1) is 5.92 Å². The number of carbonyl (C=O) groups excluding carboxylic acids is 1. The molecule has 2 heterocycles. The van der Waals surface area contributed by atoms with Crippen LogP contribution < -0.4 is 0 Å². The Morgan fingerprint density at radius 3 is 2.41 bits per heavy atom. The first-order chi connectivity index (χ1) is 15.0. The Morgan fingerprint density at radius 1 is 1.22 bits per heavy atom. The van der Waals surface area contributed by atoms with Gasteiger partial charge in [0.1, 0.15) is 12.3 Å². The smallest absolute Gasteiger partial charge is 0.475 e. The number of nitrogens with zero attached hydrogens (tertiary/aromatic N) is 5. The van der Waals surface area contributed by atoms with Crippen LogP contribution in [0.1, 0.15) is 49.4 Å². The molecule has 1 aliphatic heterocycles. The number of ether oxygens (including phenoxy) is 1. The van der Waals surface area contributed by atoms with Gasteiger partial charge in [-0.2, -0.15) is 13.2 Å². The van der Waals surface area contributed by atoms with Crippen molar-refractivity contribution in [1.29, 1.82) is 0 Å². The van der Waals surface area contributed by atoms with Gasteiger partial charge in [-0.15, -0.1) is 5.10 Å². The summed E-state index contributed by atoms with van der Waals surface area (Å²) in [5, 5.41) is 15.7. The number of aliphatic carboxylic acids is 1. The van der Waals surface area contributed by atoms with Crippen molar-refractivity contribution in [2.75, 3.05) is 40.4 Å². The number of hydrogen-bond acceptors (Lipinski definition) is 6. The Bertz CT molecular complexity index is 763.